The number of hydrogen-bond acceptors (Lipinski definition) is 4. The van der Waals surface area contributed by atoms with Crippen LogP contribution in [0.1, 0.15) is 6.42 Å². The molecule has 0 aliphatic carbocycles. The Balaban J connectivity index is 1.88. The number of nitrogens with zero attached hydrogens (tertiary/aromatic N) is 1. The maximum Gasteiger partial charge on any atom is 0.195 e. The molecule has 2 rings (SSSR count). The number of hydrogen-bond donors (Lipinski definition) is 2. The van der Waals surface area contributed by atoms with E-state index < -0.39 is 0 Å². The summed E-state index contributed by atoms with van der Waals surface area (Å²) in [6.45, 7) is 5.94. The van der Waals surface area contributed by atoms with Crippen LogP contribution < -0.4 is 20.1 Å². The van der Waals surface area contributed by atoms with Gasteiger partial charge in [0.15, 0.2) is 17.5 Å². The average molecular weight is 321 g/mol. The molecule has 1 heterocycles. The Kier molecular flexibility index (Phi) is 6.96. The number of rotatable bonds is 6. The second kappa shape index (κ2) is 9.25. The van der Waals surface area contributed by atoms with Gasteiger partial charge in [0.2, 0.25) is 0 Å². The first kappa shape index (κ1) is 16.5. The molecule has 5 nitrogen and oxygen atoms in total. The Morgan fingerprint density at radius 1 is 1.36 bits per heavy atom. The van der Waals surface area contributed by atoms with Crippen molar-refractivity contribution < 1.29 is 9.47 Å². The van der Waals surface area contributed by atoms with Crippen LogP contribution in [-0.2, 0) is 0 Å². The molecule has 1 aliphatic rings. The molecule has 1 aromatic carbocycles. The highest BCUT2D eigenvalue weighted by molar-refractivity contribution is 7.99. The number of fused-ring (bicyclic) bond motifs is 1. The molecule has 0 fully saturated rings. The van der Waals surface area contributed by atoms with Gasteiger partial charge in [0, 0.05) is 43.3 Å². The van der Waals surface area contributed by atoms with E-state index in [2.05, 4.69) is 22.2 Å². The van der Waals surface area contributed by atoms with Gasteiger partial charge in [-0.05, 0) is 12.1 Å². The lowest BCUT2D eigenvalue weighted by Gasteiger charge is -2.13. The van der Waals surface area contributed by atoms with Crippen molar-refractivity contribution in [3.05, 3.63) is 30.9 Å². The van der Waals surface area contributed by atoms with Gasteiger partial charge in [0.25, 0.3) is 0 Å². The highest BCUT2D eigenvalue weighted by atomic mass is 32.2. The van der Waals surface area contributed by atoms with E-state index in [1.165, 1.54) is 0 Å². The third kappa shape index (κ3) is 5.18. The van der Waals surface area contributed by atoms with E-state index in [0.29, 0.717) is 13.2 Å². The molecular formula is C16H23N3O2S. The van der Waals surface area contributed by atoms with Gasteiger partial charge in [-0.3, -0.25) is 4.99 Å². The van der Waals surface area contributed by atoms with Crippen LogP contribution in [0.25, 0.3) is 0 Å². The van der Waals surface area contributed by atoms with Crippen molar-refractivity contribution in [3.63, 3.8) is 0 Å². The second-order valence-corrected chi connectivity index (χ2v) is 5.85. The van der Waals surface area contributed by atoms with Gasteiger partial charge in [0.05, 0.1) is 13.2 Å². The van der Waals surface area contributed by atoms with E-state index >= 15 is 0 Å². The van der Waals surface area contributed by atoms with Crippen LogP contribution in [0, 0.1) is 0 Å². The molecule has 0 saturated carbocycles. The van der Waals surface area contributed by atoms with Crippen molar-refractivity contribution in [2.24, 2.45) is 4.99 Å². The predicted octanol–water partition coefficient (Wildman–Crippen LogP) is 2.75. The minimum Gasteiger partial charge on any atom is -0.490 e. The third-order valence-electron chi connectivity index (χ3n) is 3.01. The molecule has 0 radical (unpaired) electrons. The summed E-state index contributed by atoms with van der Waals surface area (Å²) < 4.78 is 11.3. The number of aliphatic imine (C=N–C) groups is 1. The van der Waals surface area contributed by atoms with E-state index in [-0.39, 0.29) is 0 Å². The van der Waals surface area contributed by atoms with E-state index in [4.69, 9.17) is 9.47 Å². The first-order chi connectivity index (χ1) is 10.8. The minimum atomic E-state index is 0.684. The second-order valence-electron chi connectivity index (χ2n) is 4.70. The Morgan fingerprint density at radius 3 is 2.95 bits per heavy atom. The number of benzene rings is 1. The van der Waals surface area contributed by atoms with Gasteiger partial charge in [-0.15, -0.1) is 6.58 Å². The van der Waals surface area contributed by atoms with Gasteiger partial charge in [-0.1, -0.05) is 6.08 Å². The first-order valence-electron chi connectivity index (χ1n) is 7.39. The number of nitrogens with one attached hydrogen (secondary N) is 2. The summed E-state index contributed by atoms with van der Waals surface area (Å²) in [6.07, 6.45) is 2.82. The molecule has 0 aromatic heterocycles. The highest BCUT2D eigenvalue weighted by Gasteiger charge is 2.11. The smallest absolute Gasteiger partial charge is 0.195 e. The summed E-state index contributed by atoms with van der Waals surface area (Å²) in [7, 11) is 1.76. The summed E-state index contributed by atoms with van der Waals surface area (Å²) in [5, 5.41) is 6.54. The molecular weight excluding hydrogens is 298 g/mol. The molecule has 0 atom stereocenters. The average Bonchev–Trinajstić information content (AvgIpc) is 2.78. The van der Waals surface area contributed by atoms with Crippen molar-refractivity contribution in [2.75, 3.05) is 43.6 Å². The van der Waals surface area contributed by atoms with E-state index in [0.717, 1.165) is 47.6 Å². The van der Waals surface area contributed by atoms with Crippen molar-refractivity contribution in [2.45, 2.75) is 6.42 Å². The molecule has 6 heteroatoms. The Bertz CT molecular complexity index is 520. The quantitative estimate of drug-likeness (QED) is 0.365. The maximum atomic E-state index is 5.69. The summed E-state index contributed by atoms with van der Waals surface area (Å²) in [5.74, 6) is 4.30. The first-order valence-corrected chi connectivity index (χ1v) is 8.55. The standard InChI is InChI=1S/C16H23N3O2S/c1-3-10-22-11-7-18-16(17-2)19-13-5-6-14-15(12-13)21-9-4-8-20-14/h3,5-6,12H,1,4,7-11H2,2H3,(H2,17,18,19). The van der Waals surface area contributed by atoms with Crippen LogP contribution in [-0.4, -0.2) is 44.3 Å². The lowest BCUT2D eigenvalue weighted by Crippen LogP contribution is -2.32. The zero-order valence-electron chi connectivity index (χ0n) is 12.9. The predicted molar refractivity (Wildman–Crippen MR) is 94.6 cm³/mol. The largest absolute Gasteiger partial charge is 0.490 e. The molecule has 1 aliphatic heterocycles. The summed E-state index contributed by atoms with van der Waals surface area (Å²) in [6, 6.07) is 5.84. The van der Waals surface area contributed by atoms with Crippen molar-refractivity contribution in [1.29, 1.82) is 0 Å². The Morgan fingerprint density at radius 2 is 2.18 bits per heavy atom. The minimum absolute atomic E-state index is 0.684. The molecule has 0 bridgehead atoms. The van der Waals surface area contributed by atoms with Gasteiger partial charge < -0.3 is 20.1 Å². The molecule has 120 valence electrons. The summed E-state index contributed by atoms with van der Waals surface area (Å²) >= 11 is 1.83. The lowest BCUT2D eigenvalue weighted by molar-refractivity contribution is 0.297. The fourth-order valence-corrected chi connectivity index (χ4v) is 2.54. The number of thioether (sulfide) groups is 1. The van der Waals surface area contributed by atoms with Crippen molar-refractivity contribution in [3.8, 4) is 11.5 Å². The molecule has 0 saturated heterocycles. The molecule has 0 amide bonds. The zero-order valence-corrected chi connectivity index (χ0v) is 13.7. The topological polar surface area (TPSA) is 54.9 Å². The number of guanidine groups is 1. The summed E-state index contributed by atoms with van der Waals surface area (Å²) in [5.41, 5.74) is 0.927. The number of anilines is 1. The van der Waals surface area contributed by atoms with Crippen molar-refractivity contribution >= 4 is 23.4 Å². The monoisotopic (exact) mass is 321 g/mol. The Labute approximate surface area is 136 Å². The van der Waals surface area contributed by atoms with E-state index in [1.54, 1.807) is 7.05 Å². The van der Waals surface area contributed by atoms with Crippen LogP contribution >= 0.6 is 11.8 Å². The summed E-state index contributed by atoms with van der Waals surface area (Å²) in [4.78, 5) is 4.22. The van der Waals surface area contributed by atoms with Crippen LogP contribution in [0.4, 0.5) is 5.69 Å². The van der Waals surface area contributed by atoms with Gasteiger partial charge in [-0.25, -0.2) is 0 Å². The van der Waals surface area contributed by atoms with Crippen LogP contribution in [0.5, 0.6) is 11.5 Å². The maximum absolute atomic E-state index is 5.69. The van der Waals surface area contributed by atoms with E-state index in [9.17, 15) is 0 Å². The Hall–Kier alpha value is -1.82. The highest BCUT2D eigenvalue weighted by Crippen LogP contribution is 2.32. The normalized spacial score (nSPS) is 14.1. The molecule has 0 spiro atoms. The third-order valence-corrected chi connectivity index (χ3v) is 3.97. The SMILES string of the molecule is C=CCSCCNC(=NC)Nc1ccc2c(c1)OCCCO2. The van der Waals surface area contributed by atoms with Crippen LogP contribution in [0.2, 0.25) is 0 Å². The van der Waals surface area contributed by atoms with Crippen molar-refractivity contribution in [1.82, 2.24) is 5.32 Å². The fraction of sp³-hybridized carbons (Fsp3) is 0.438. The van der Waals surface area contributed by atoms with Gasteiger partial charge in [-0.2, -0.15) is 11.8 Å². The van der Waals surface area contributed by atoms with E-state index in [1.807, 2.05) is 36.0 Å². The van der Waals surface area contributed by atoms with Gasteiger partial charge >= 0.3 is 0 Å². The molecule has 22 heavy (non-hydrogen) atoms. The van der Waals surface area contributed by atoms with Crippen LogP contribution in [0.3, 0.4) is 0 Å². The zero-order chi connectivity index (χ0) is 15.6. The molecule has 2 N–H and O–H groups in total. The van der Waals surface area contributed by atoms with Crippen LogP contribution in [0.15, 0.2) is 35.8 Å². The molecule has 1 aromatic rings. The van der Waals surface area contributed by atoms with Gasteiger partial charge in [0.1, 0.15) is 0 Å². The molecule has 0 unspecified atom stereocenters. The lowest BCUT2D eigenvalue weighted by atomic mass is 10.3. The number of ether oxygens (including phenoxy) is 2. The fourth-order valence-electron chi connectivity index (χ4n) is 1.97.